The number of rotatable bonds is 1. The highest BCUT2D eigenvalue weighted by atomic mass is 32.1. The molecule has 0 unspecified atom stereocenters. The zero-order valence-corrected chi connectivity index (χ0v) is 5.76. The molecule has 1 radical (unpaired) electrons. The Morgan fingerprint density at radius 2 is 2.60 bits per heavy atom. The summed E-state index contributed by atoms with van der Waals surface area (Å²) >= 11 is 1.37. The third-order valence-corrected chi connectivity index (χ3v) is 1.66. The molecule has 2 rings (SSSR count). The van der Waals surface area contributed by atoms with E-state index < -0.39 is 0 Å². The third-order valence-electron chi connectivity index (χ3n) is 1.07. The molecule has 0 saturated carbocycles. The van der Waals surface area contributed by atoms with Gasteiger partial charge in [0, 0.05) is 5.38 Å². The standard InChI is InChI=1S/C6H3N2OS/c1-2-9-6(7-1)5-3-8-10-4-5/h2-4H. The molecule has 2 aromatic heterocycles. The fourth-order valence-corrected chi connectivity index (χ4v) is 1.15. The van der Waals surface area contributed by atoms with Gasteiger partial charge in [-0.25, -0.2) is 9.36 Å². The molecule has 0 atom stereocenters. The summed E-state index contributed by atoms with van der Waals surface area (Å²) in [6.07, 6.45) is 5.71. The van der Waals surface area contributed by atoms with Crippen LogP contribution in [0.15, 0.2) is 22.3 Å². The van der Waals surface area contributed by atoms with Crippen LogP contribution >= 0.6 is 11.5 Å². The second kappa shape index (κ2) is 2.22. The van der Waals surface area contributed by atoms with Crippen molar-refractivity contribution in [2.75, 3.05) is 0 Å². The van der Waals surface area contributed by atoms with Crippen molar-refractivity contribution in [1.29, 1.82) is 0 Å². The van der Waals surface area contributed by atoms with Crippen LogP contribution < -0.4 is 0 Å². The third kappa shape index (κ3) is 0.823. The Balaban J connectivity index is 2.48. The van der Waals surface area contributed by atoms with Gasteiger partial charge in [-0.05, 0) is 11.5 Å². The van der Waals surface area contributed by atoms with Crippen molar-refractivity contribution in [2.45, 2.75) is 0 Å². The molecule has 0 N–H and O–H groups in total. The number of oxazole rings is 1. The first-order valence-corrected chi connectivity index (χ1v) is 3.52. The largest absolute Gasteiger partial charge is 0.444 e. The molecule has 0 bridgehead atoms. The zero-order valence-electron chi connectivity index (χ0n) is 4.94. The van der Waals surface area contributed by atoms with Crippen LogP contribution in [0, 0.1) is 6.20 Å². The van der Waals surface area contributed by atoms with E-state index in [0.717, 1.165) is 5.56 Å². The van der Waals surface area contributed by atoms with Crippen LogP contribution in [-0.4, -0.2) is 9.36 Å². The van der Waals surface area contributed by atoms with E-state index in [4.69, 9.17) is 4.42 Å². The lowest BCUT2D eigenvalue weighted by atomic mass is 10.4. The van der Waals surface area contributed by atoms with E-state index in [2.05, 4.69) is 15.6 Å². The van der Waals surface area contributed by atoms with Crippen molar-refractivity contribution >= 4 is 11.5 Å². The van der Waals surface area contributed by atoms with E-state index in [0.29, 0.717) is 5.89 Å². The van der Waals surface area contributed by atoms with Gasteiger partial charge < -0.3 is 4.42 Å². The van der Waals surface area contributed by atoms with E-state index in [1.165, 1.54) is 17.8 Å². The van der Waals surface area contributed by atoms with Gasteiger partial charge in [0.2, 0.25) is 5.89 Å². The monoisotopic (exact) mass is 151 g/mol. The maximum atomic E-state index is 4.98. The van der Waals surface area contributed by atoms with Gasteiger partial charge in [-0.1, -0.05) is 0 Å². The van der Waals surface area contributed by atoms with Crippen molar-refractivity contribution in [3.8, 4) is 11.5 Å². The number of aromatic nitrogens is 2. The lowest BCUT2D eigenvalue weighted by Gasteiger charge is -1.81. The number of hydrogen-bond acceptors (Lipinski definition) is 4. The molecule has 0 aliphatic heterocycles. The minimum atomic E-state index is 0.578. The average Bonchev–Trinajstić information content (AvgIpc) is 2.59. The first kappa shape index (κ1) is 5.61. The molecular formula is C6H3N2OS. The van der Waals surface area contributed by atoms with Gasteiger partial charge >= 0.3 is 0 Å². The number of nitrogens with zero attached hydrogens (tertiary/aromatic N) is 2. The summed E-state index contributed by atoms with van der Waals surface area (Å²) in [6, 6.07) is 0. The minimum absolute atomic E-state index is 0.578. The first-order valence-electron chi connectivity index (χ1n) is 2.68. The summed E-state index contributed by atoms with van der Waals surface area (Å²) in [5.41, 5.74) is 0.909. The van der Waals surface area contributed by atoms with Crippen molar-refractivity contribution in [3.05, 3.63) is 24.0 Å². The van der Waals surface area contributed by atoms with Crippen molar-refractivity contribution in [3.63, 3.8) is 0 Å². The fourth-order valence-electron chi connectivity index (χ4n) is 0.637. The highest BCUT2D eigenvalue weighted by Crippen LogP contribution is 2.16. The lowest BCUT2D eigenvalue weighted by Crippen LogP contribution is -1.68. The van der Waals surface area contributed by atoms with Gasteiger partial charge in [0.15, 0.2) is 0 Å². The Morgan fingerprint density at radius 3 is 3.20 bits per heavy atom. The Bertz CT molecular complexity index is 255. The molecule has 0 saturated heterocycles. The second-order valence-corrected chi connectivity index (χ2v) is 2.35. The van der Waals surface area contributed by atoms with E-state index >= 15 is 0 Å². The summed E-state index contributed by atoms with van der Waals surface area (Å²) < 4.78 is 8.88. The predicted octanol–water partition coefficient (Wildman–Crippen LogP) is 1.60. The Labute approximate surface area is 61.5 Å². The molecular weight excluding hydrogens is 148 g/mol. The van der Waals surface area contributed by atoms with Gasteiger partial charge in [-0.15, -0.1) is 0 Å². The first-order chi connectivity index (χ1) is 4.97. The summed E-state index contributed by atoms with van der Waals surface area (Å²) in [5, 5.41) is 1.87. The van der Waals surface area contributed by atoms with Gasteiger partial charge in [-0.2, -0.15) is 0 Å². The van der Waals surface area contributed by atoms with E-state index in [9.17, 15) is 0 Å². The molecule has 0 amide bonds. The fraction of sp³-hybridized carbons (Fsp3) is 0. The number of hydrogen-bond donors (Lipinski definition) is 0. The molecule has 2 aromatic rings. The van der Waals surface area contributed by atoms with E-state index in [-0.39, 0.29) is 0 Å². The molecule has 0 aliphatic rings. The summed E-state index contributed by atoms with van der Waals surface area (Å²) in [5.74, 6) is 0.578. The van der Waals surface area contributed by atoms with E-state index in [1.54, 1.807) is 6.20 Å². The summed E-state index contributed by atoms with van der Waals surface area (Å²) in [7, 11) is 0. The molecule has 10 heavy (non-hydrogen) atoms. The quantitative estimate of drug-likeness (QED) is 0.621. The minimum Gasteiger partial charge on any atom is -0.444 e. The van der Waals surface area contributed by atoms with Crippen molar-refractivity contribution in [1.82, 2.24) is 9.36 Å². The van der Waals surface area contributed by atoms with Crippen LogP contribution in [0.4, 0.5) is 0 Å². The van der Waals surface area contributed by atoms with Gasteiger partial charge in [0.05, 0.1) is 11.8 Å². The smallest absolute Gasteiger partial charge is 0.229 e. The van der Waals surface area contributed by atoms with Crippen LogP contribution in [-0.2, 0) is 0 Å². The second-order valence-electron chi connectivity index (χ2n) is 1.69. The van der Waals surface area contributed by atoms with E-state index in [1.807, 2.05) is 5.38 Å². The van der Waals surface area contributed by atoms with Crippen LogP contribution in [0.1, 0.15) is 0 Å². The maximum Gasteiger partial charge on any atom is 0.229 e. The molecule has 3 nitrogen and oxygen atoms in total. The SMILES string of the molecule is [c]1coc(-c2cnsc2)n1. The van der Waals surface area contributed by atoms with Crippen LogP contribution in [0.2, 0.25) is 0 Å². The van der Waals surface area contributed by atoms with Gasteiger partial charge in [0.1, 0.15) is 12.5 Å². The molecule has 0 spiro atoms. The van der Waals surface area contributed by atoms with Crippen LogP contribution in [0.5, 0.6) is 0 Å². The topological polar surface area (TPSA) is 38.9 Å². The Morgan fingerprint density at radius 1 is 1.60 bits per heavy atom. The van der Waals surface area contributed by atoms with Crippen LogP contribution in [0.3, 0.4) is 0 Å². The maximum absolute atomic E-state index is 4.98. The summed E-state index contributed by atoms with van der Waals surface area (Å²) in [4.78, 5) is 3.83. The molecule has 2 heterocycles. The normalized spacial score (nSPS) is 10.0. The highest BCUT2D eigenvalue weighted by molar-refractivity contribution is 7.03. The lowest BCUT2D eigenvalue weighted by molar-refractivity contribution is 0.574. The molecule has 0 aliphatic carbocycles. The van der Waals surface area contributed by atoms with Gasteiger partial charge in [0.25, 0.3) is 0 Å². The van der Waals surface area contributed by atoms with Crippen LogP contribution in [0.25, 0.3) is 11.5 Å². The zero-order chi connectivity index (χ0) is 6.81. The average molecular weight is 151 g/mol. The predicted molar refractivity (Wildman–Crippen MR) is 36.4 cm³/mol. The molecule has 0 fully saturated rings. The summed E-state index contributed by atoms with van der Waals surface area (Å²) in [6.45, 7) is 0. The molecule has 49 valence electrons. The van der Waals surface area contributed by atoms with Crippen molar-refractivity contribution < 1.29 is 4.42 Å². The molecule has 4 heteroatoms. The molecule has 0 aromatic carbocycles. The van der Waals surface area contributed by atoms with Gasteiger partial charge in [-0.3, -0.25) is 0 Å². The Hall–Kier alpha value is -1.16. The van der Waals surface area contributed by atoms with Crippen molar-refractivity contribution in [2.24, 2.45) is 0 Å². The highest BCUT2D eigenvalue weighted by Gasteiger charge is 2.01. The Kier molecular flexibility index (Phi) is 1.25.